The molecule has 8 heteroatoms. The van der Waals surface area contributed by atoms with Crippen molar-refractivity contribution in [2.45, 2.75) is 39.5 Å². The molecule has 0 saturated heterocycles. The zero-order valence-electron chi connectivity index (χ0n) is 13.4. The molecule has 0 radical (unpaired) electrons. The first-order valence-corrected chi connectivity index (χ1v) is 7.63. The van der Waals surface area contributed by atoms with Gasteiger partial charge in [-0.25, -0.2) is 0 Å². The van der Waals surface area contributed by atoms with Crippen molar-refractivity contribution in [3.8, 4) is 0 Å². The standard InChI is InChI=1S/C15H21N3O5/c1-3-5-7-16(8-6-4-2)15(19)12-9-13(17(20)21)11-14(10-12)18(22)23/h9-11H,3-8H2,1-2H3. The first-order chi connectivity index (χ1) is 10.9. The number of nitrogens with zero attached hydrogens (tertiary/aromatic N) is 3. The van der Waals surface area contributed by atoms with Crippen LogP contribution >= 0.6 is 0 Å². The number of carbonyl (C=O) groups excluding carboxylic acids is 1. The maximum Gasteiger partial charge on any atom is 0.277 e. The normalized spacial score (nSPS) is 10.3. The fourth-order valence-electron chi connectivity index (χ4n) is 2.12. The third-order valence-electron chi connectivity index (χ3n) is 3.42. The Hall–Kier alpha value is -2.51. The zero-order valence-corrected chi connectivity index (χ0v) is 13.4. The van der Waals surface area contributed by atoms with Crippen molar-refractivity contribution in [1.82, 2.24) is 4.90 Å². The predicted octanol–water partition coefficient (Wildman–Crippen LogP) is 3.55. The molecule has 0 aliphatic rings. The number of benzene rings is 1. The van der Waals surface area contributed by atoms with Gasteiger partial charge in [-0.15, -0.1) is 0 Å². The molecule has 8 nitrogen and oxygen atoms in total. The molecule has 0 atom stereocenters. The fourth-order valence-corrected chi connectivity index (χ4v) is 2.12. The molecule has 0 unspecified atom stereocenters. The van der Waals surface area contributed by atoms with Gasteiger partial charge in [-0.3, -0.25) is 25.0 Å². The number of rotatable bonds is 9. The Labute approximate surface area is 134 Å². The largest absolute Gasteiger partial charge is 0.339 e. The van der Waals surface area contributed by atoms with Crippen LogP contribution < -0.4 is 0 Å². The van der Waals surface area contributed by atoms with Crippen LogP contribution in [-0.4, -0.2) is 33.7 Å². The third-order valence-corrected chi connectivity index (χ3v) is 3.42. The Balaban J connectivity index is 3.15. The van der Waals surface area contributed by atoms with Crippen LogP contribution in [0.2, 0.25) is 0 Å². The summed E-state index contributed by atoms with van der Waals surface area (Å²) in [5, 5.41) is 21.8. The van der Waals surface area contributed by atoms with E-state index >= 15 is 0 Å². The van der Waals surface area contributed by atoms with Crippen LogP contribution in [0.3, 0.4) is 0 Å². The summed E-state index contributed by atoms with van der Waals surface area (Å²) in [5.41, 5.74) is -0.917. The average Bonchev–Trinajstić information content (AvgIpc) is 2.53. The van der Waals surface area contributed by atoms with Crippen LogP contribution in [0.1, 0.15) is 49.9 Å². The van der Waals surface area contributed by atoms with Crippen molar-refractivity contribution in [2.24, 2.45) is 0 Å². The Morgan fingerprint density at radius 2 is 1.39 bits per heavy atom. The van der Waals surface area contributed by atoms with E-state index < -0.39 is 27.1 Å². The minimum Gasteiger partial charge on any atom is -0.339 e. The van der Waals surface area contributed by atoms with E-state index in [9.17, 15) is 25.0 Å². The number of nitro benzene ring substituents is 2. The van der Waals surface area contributed by atoms with Gasteiger partial charge in [0.05, 0.1) is 21.5 Å². The second-order valence-electron chi connectivity index (χ2n) is 5.25. The zero-order chi connectivity index (χ0) is 17.4. The lowest BCUT2D eigenvalue weighted by atomic mass is 10.1. The van der Waals surface area contributed by atoms with E-state index in [1.54, 1.807) is 4.90 Å². The molecule has 0 aliphatic heterocycles. The maximum absolute atomic E-state index is 12.6. The Kier molecular flexibility index (Phi) is 7.11. The molecule has 0 spiro atoms. The predicted molar refractivity (Wildman–Crippen MR) is 85.5 cm³/mol. The smallest absolute Gasteiger partial charge is 0.277 e. The third kappa shape index (κ3) is 5.32. The van der Waals surface area contributed by atoms with Gasteiger partial charge in [-0.05, 0) is 12.8 Å². The number of carbonyl (C=O) groups is 1. The van der Waals surface area contributed by atoms with Gasteiger partial charge in [0.25, 0.3) is 17.3 Å². The molecule has 0 saturated carbocycles. The number of amides is 1. The van der Waals surface area contributed by atoms with Crippen molar-refractivity contribution >= 4 is 17.3 Å². The average molecular weight is 323 g/mol. The summed E-state index contributed by atoms with van der Waals surface area (Å²) in [5.74, 6) is -0.404. The van der Waals surface area contributed by atoms with E-state index in [-0.39, 0.29) is 5.56 Å². The first kappa shape index (κ1) is 18.5. The van der Waals surface area contributed by atoms with Gasteiger partial charge in [0.1, 0.15) is 0 Å². The van der Waals surface area contributed by atoms with Gasteiger partial charge >= 0.3 is 0 Å². The molecule has 0 bridgehead atoms. The Morgan fingerprint density at radius 3 is 1.74 bits per heavy atom. The molecule has 1 rings (SSSR count). The van der Waals surface area contributed by atoms with Gasteiger partial charge in [-0.2, -0.15) is 0 Å². The molecular formula is C15H21N3O5. The van der Waals surface area contributed by atoms with Gasteiger partial charge in [0, 0.05) is 25.2 Å². The van der Waals surface area contributed by atoms with Crippen molar-refractivity contribution in [3.05, 3.63) is 44.0 Å². The summed E-state index contributed by atoms with van der Waals surface area (Å²) in [6.45, 7) is 5.07. The molecular weight excluding hydrogens is 302 g/mol. The number of nitro groups is 2. The minimum absolute atomic E-state index is 0.0156. The number of hydrogen-bond donors (Lipinski definition) is 0. The Morgan fingerprint density at radius 1 is 0.957 bits per heavy atom. The summed E-state index contributed by atoms with van der Waals surface area (Å²) in [6, 6.07) is 3.06. The maximum atomic E-state index is 12.6. The molecule has 0 N–H and O–H groups in total. The van der Waals surface area contributed by atoms with E-state index in [4.69, 9.17) is 0 Å². The van der Waals surface area contributed by atoms with E-state index in [0.717, 1.165) is 43.9 Å². The SMILES string of the molecule is CCCCN(CCCC)C(=O)c1cc([N+](=O)[O-])cc([N+](=O)[O-])c1. The second kappa shape index (κ2) is 8.82. The van der Waals surface area contributed by atoms with Crippen LogP contribution in [0.4, 0.5) is 11.4 Å². The van der Waals surface area contributed by atoms with Gasteiger partial charge in [0.2, 0.25) is 0 Å². The van der Waals surface area contributed by atoms with Gasteiger partial charge in [-0.1, -0.05) is 26.7 Å². The van der Waals surface area contributed by atoms with Crippen LogP contribution in [0.25, 0.3) is 0 Å². The highest BCUT2D eigenvalue weighted by Gasteiger charge is 2.22. The molecule has 0 aliphatic carbocycles. The lowest BCUT2D eigenvalue weighted by Crippen LogP contribution is -2.33. The molecule has 1 aromatic rings. The highest BCUT2D eigenvalue weighted by molar-refractivity contribution is 5.95. The summed E-state index contributed by atoms with van der Waals surface area (Å²) in [7, 11) is 0. The quantitative estimate of drug-likeness (QED) is 0.510. The number of unbranched alkanes of at least 4 members (excludes halogenated alkanes) is 2. The number of hydrogen-bond acceptors (Lipinski definition) is 5. The van der Waals surface area contributed by atoms with Crippen molar-refractivity contribution < 1.29 is 14.6 Å². The van der Waals surface area contributed by atoms with E-state index in [2.05, 4.69) is 0 Å². The van der Waals surface area contributed by atoms with Gasteiger partial charge in [0.15, 0.2) is 0 Å². The fraction of sp³-hybridized carbons (Fsp3) is 0.533. The van der Waals surface area contributed by atoms with E-state index in [1.807, 2.05) is 13.8 Å². The summed E-state index contributed by atoms with van der Waals surface area (Å²) < 4.78 is 0. The van der Waals surface area contributed by atoms with Crippen molar-refractivity contribution in [2.75, 3.05) is 13.1 Å². The van der Waals surface area contributed by atoms with E-state index in [1.165, 1.54) is 0 Å². The van der Waals surface area contributed by atoms with Crippen molar-refractivity contribution in [3.63, 3.8) is 0 Å². The first-order valence-electron chi connectivity index (χ1n) is 7.63. The molecule has 0 heterocycles. The summed E-state index contributed by atoms with van der Waals surface area (Å²) in [4.78, 5) is 34.6. The lowest BCUT2D eigenvalue weighted by molar-refractivity contribution is -0.394. The summed E-state index contributed by atoms with van der Waals surface area (Å²) >= 11 is 0. The van der Waals surface area contributed by atoms with Crippen molar-refractivity contribution in [1.29, 1.82) is 0 Å². The Bertz CT molecular complexity index is 548. The highest BCUT2D eigenvalue weighted by atomic mass is 16.6. The molecule has 1 amide bonds. The minimum atomic E-state index is -0.730. The highest BCUT2D eigenvalue weighted by Crippen LogP contribution is 2.24. The monoisotopic (exact) mass is 323 g/mol. The molecule has 126 valence electrons. The summed E-state index contributed by atoms with van der Waals surface area (Å²) in [6.07, 6.45) is 3.44. The number of non-ortho nitro benzene ring substituents is 2. The topological polar surface area (TPSA) is 107 Å². The van der Waals surface area contributed by atoms with Crippen LogP contribution in [0.5, 0.6) is 0 Å². The van der Waals surface area contributed by atoms with Crippen LogP contribution in [0.15, 0.2) is 18.2 Å². The molecule has 0 aromatic heterocycles. The lowest BCUT2D eigenvalue weighted by Gasteiger charge is -2.22. The molecule has 1 aromatic carbocycles. The van der Waals surface area contributed by atoms with Crippen LogP contribution in [0, 0.1) is 20.2 Å². The van der Waals surface area contributed by atoms with E-state index in [0.29, 0.717) is 13.1 Å². The molecule has 0 fully saturated rings. The molecule has 23 heavy (non-hydrogen) atoms. The van der Waals surface area contributed by atoms with Crippen LogP contribution in [-0.2, 0) is 0 Å². The second-order valence-corrected chi connectivity index (χ2v) is 5.25. The van der Waals surface area contributed by atoms with Gasteiger partial charge < -0.3 is 4.90 Å².